The van der Waals surface area contributed by atoms with E-state index in [4.69, 9.17) is 10.5 Å². The van der Waals surface area contributed by atoms with Gasteiger partial charge in [0.2, 0.25) is 0 Å². The predicted octanol–water partition coefficient (Wildman–Crippen LogP) is 1.92. The smallest absolute Gasteiger partial charge is 0.149 e. The van der Waals surface area contributed by atoms with Crippen LogP contribution < -0.4 is 10.5 Å². The minimum Gasteiger partial charge on any atom is -0.494 e. The van der Waals surface area contributed by atoms with E-state index in [0.29, 0.717) is 12.4 Å². The predicted molar refractivity (Wildman–Crippen MR) is 65.7 cm³/mol. The zero-order valence-corrected chi connectivity index (χ0v) is 9.71. The van der Waals surface area contributed by atoms with Crippen LogP contribution in [0.1, 0.15) is 24.4 Å². The van der Waals surface area contributed by atoms with Crippen LogP contribution in [0.2, 0.25) is 0 Å². The summed E-state index contributed by atoms with van der Waals surface area (Å²) in [7, 11) is 0. The highest BCUT2D eigenvalue weighted by Gasteiger charge is 2.10. The average Bonchev–Trinajstić information content (AvgIpc) is 2.40. The molecule has 0 aliphatic heterocycles. The Kier molecular flexibility index (Phi) is 3.67. The summed E-state index contributed by atoms with van der Waals surface area (Å²) in [6, 6.07) is 9.15. The minimum atomic E-state index is -0.299. The Morgan fingerprint density at radius 3 is 2.41 bits per heavy atom. The van der Waals surface area contributed by atoms with Crippen molar-refractivity contribution in [3.63, 3.8) is 0 Å². The van der Waals surface area contributed by atoms with Gasteiger partial charge in [-0.1, -0.05) is 12.1 Å². The molecule has 0 aliphatic carbocycles. The first-order valence-electron chi connectivity index (χ1n) is 5.56. The maximum Gasteiger partial charge on any atom is 0.149 e. The summed E-state index contributed by atoms with van der Waals surface area (Å²) in [5, 5.41) is 0. The molecule has 1 unspecified atom stereocenters. The third-order valence-corrected chi connectivity index (χ3v) is 2.41. The van der Waals surface area contributed by atoms with Crippen LogP contribution in [-0.2, 0) is 0 Å². The molecule has 0 saturated carbocycles. The molecular formula is C13H15N3O. The van der Waals surface area contributed by atoms with Crippen LogP contribution in [0.15, 0.2) is 42.7 Å². The highest BCUT2D eigenvalue weighted by atomic mass is 16.5. The number of nitrogens with two attached hydrogens (primary N) is 1. The molecule has 17 heavy (non-hydrogen) atoms. The van der Waals surface area contributed by atoms with Crippen LogP contribution in [-0.4, -0.2) is 16.6 Å². The van der Waals surface area contributed by atoms with Crippen molar-refractivity contribution in [3.8, 4) is 5.75 Å². The van der Waals surface area contributed by atoms with Gasteiger partial charge >= 0.3 is 0 Å². The summed E-state index contributed by atoms with van der Waals surface area (Å²) >= 11 is 0. The van der Waals surface area contributed by atoms with Crippen LogP contribution in [0.4, 0.5) is 0 Å². The first-order valence-corrected chi connectivity index (χ1v) is 5.56. The van der Waals surface area contributed by atoms with E-state index in [9.17, 15) is 0 Å². The average molecular weight is 229 g/mol. The van der Waals surface area contributed by atoms with E-state index < -0.39 is 0 Å². The zero-order valence-electron chi connectivity index (χ0n) is 9.71. The third-order valence-electron chi connectivity index (χ3n) is 2.41. The molecule has 2 rings (SSSR count). The van der Waals surface area contributed by atoms with Crippen molar-refractivity contribution in [2.24, 2.45) is 5.73 Å². The Bertz CT molecular complexity index is 456. The van der Waals surface area contributed by atoms with Gasteiger partial charge in [-0.2, -0.15) is 0 Å². The Hall–Kier alpha value is -1.94. The summed E-state index contributed by atoms with van der Waals surface area (Å²) in [6.45, 7) is 2.62. The molecule has 0 radical (unpaired) electrons. The van der Waals surface area contributed by atoms with Crippen LogP contribution in [0.25, 0.3) is 0 Å². The van der Waals surface area contributed by atoms with E-state index in [1.165, 1.54) is 0 Å². The summed E-state index contributed by atoms with van der Waals surface area (Å²) < 4.78 is 5.37. The van der Waals surface area contributed by atoms with Gasteiger partial charge in [-0.05, 0) is 30.7 Å². The number of ether oxygens (including phenoxy) is 1. The fourth-order valence-electron chi connectivity index (χ4n) is 1.56. The van der Waals surface area contributed by atoms with Crippen molar-refractivity contribution in [1.82, 2.24) is 9.97 Å². The molecule has 2 aromatic rings. The van der Waals surface area contributed by atoms with Gasteiger partial charge in [0.05, 0.1) is 12.6 Å². The van der Waals surface area contributed by atoms with Gasteiger partial charge in [0, 0.05) is 12.4 Å². The second-order valence-corrected chi connectivity index (χ2v) is 3.59. The van der Waals surface area contributed by atoms with Crippen LogP contribution >= 0.6 is 0 Å². The molecular weight excluding hydrogens is 214 g/mol. The number of aromatic nitrogens is 2. The molecule has 88 valence electrons. The van der Waals surface area contributed by atoms with Crippen LogP contribution in [0.5, 0.6) is 5.75 Å². The van der Waals surface area contributed by atoms with Gasteiger partial charge in [0.1, 0.15) is 11.6 Å². The lowest BCUT2D eigenvalue weighted by Gasteiger charge is -2.11. The van der Waals surface area contributed by atoms with Crippen molar-refractivity contribution in [3.05, 3.63) is 54.1 Å². The topological polar surface area (TPSA) is 61.0 Å². The van der Waals surface area contributed by atoms with Gasteiger partial charge in [-0.25, -0.2) is 9.97 Å². The first kappa shape index (κ1) is 11.5. The van der Waals surface area contributed by atoms with E-state index in [1.54, 1.807) is 18.5 Å². The normalized spacial score (nSPS) is 12.1. The van der Waals surface area contributed by atoms with E-state index in [1.807, 2.05) is 31.2 Å². The number of hydrogen-bond donors (Lipinski definition) is 1. The Labute approximate surface area is 100 Å². The zero-order chi connectivity index (χ0) is 12.1. The number of hydrogen-bond acceptors (Lipinski definition) is 4. The molecule has 0 aliphatic rings. The van der Waals surface area contributed by atoms with Crippen molar-refractivity contribution in [2.45, 2.75) is 13.0 Å². The molecule has 0 fully saturated rings. The summed E-state index contributed by atoms with van der Waals surface area (Å²) in [4.78, 5) is 8.29. The lowest BCUT2D eigenvalue weighted by molar-refractivity contribution is 0.340. The summed E-state index contributed by atoms with van der Waals surface area (Å²) in [6.07, 6.45) is 3.38. The van der Waals surface area contributed by atoms with Crippen molar-refractivity contribution >= 4 is 0 Å². The number of rotatable bonds is 4. The second-order valence-electron chi connectivity index (χ2n) is 3.59. The molecule has 4 heteroatoms. The molecule has 1 atom stereocenters. The molecule has 1 heterocycles. The maximum absolute atomic E-state index is 6.07. The molecule has 0 spiro atoms. The van der Waals surface area contributed by atoms with E-state index in [-0.39, 0.29) is 6.04 Å². The third kappa shape index (κ3) is 2.79. The molecule has 1 aromatic heterocycles. The molecule has 1 aromatic carbocycles. The standard InChI is InChI=1S/C13H15N3O/c1-2-17-11-6-4-10(5-7-11)12(14)13-15-8-3-9-16-13/h3-9,12H,2,14H2,1H3. The Morgan fingerprint density at radius 1 is 1.18 bits per heavy atom. The SMILES string of the molecule is CCOc1ccc(C(N)c2ncccn2)cc1. The molecule has 0 bridgehead atoms. The van der Waals surface area contributed by atoms with Crippen molar-refractivity contribution in [1.29, 1.82) is 0 Å². The molecule has 0 saturated heterocycles. The fraction of sp³-hybridized carbons (Fsp3) is 0.231. The fourth-order valence-corrected chi connectivity index (χ4v) is 1.56. The Morgan fingerprint density at radius 2 is 1.82 bits per heavy atom. The molecule has 2 N–H and O–H groups in total. The van der Waals surface area contributed by atoms with E-state index in [0.717, 1.165) is 11.3 Å². The first-order chi connectivity index (χ1) is 8.31. The van der Waals surface area contributed by atoms with E-state index in [2.05, 4.69) is 9.97 Å². The van der Waals surface area contributed by atoms with Gasteiger partial charge in [0.15, 0.2) is 0 Å². The number of benzene rings is 1. The largest absolute Gasteiger partial charge is 0.494 e. The Balaban J connectivity index is 2.17. The number of nitrogens with zero attached hydrogens (tertiary/aromatic N) is 2. The molecule has 0 amide bonds. The molecule has 4 nitrogen and oxygen atoms in total. The highest BCUT2D eigenvalue weighted by Crippen LogP contribution is 2.19. The van der Waals surface area contributed by atoms with Crippen molar-refractivity contribution < 1.29 is 4.74 Å². The highest BCUT2D eigenvalue weighted by molar-refractivity contribution is 5.31. The van der Waals surface area contributed by atoms with Crippen LogP contribution in [0.3, 0.4) is 0 Å². The summed E-state index contributed by atoms with van der Waals surface area (Å²) in [5.74, 6) is 1.47. The lowest BCUT2D eigenvalue weighted by atomic mass is 10.1. The quantitative estimate of drug-likeness (QED) is 0.870. The van der Waals surface area contributed by atoms with E-state index >= 15 is 0 Å². The van der Waals surface area contributed by atoms with Gasteiger partial charge in [-0.15, -0.1) is 0 Å². The van der Waals surface area contributed by atoms with Gasteiger partial charge in [-0.3, -0.25) is 0 Å². The monoisotopic (exact) mass is 229 g/mol. The van der Waals surface area contributed by atoms with Crippen molar-refractivity contribution in [2.75, 3.05) is 6.61 Å². The van der Waals surface area contributed by atoms with Gasteiger partial charge in [0.25, 0.3) is 0 Å². The lowest BCUT2D eigenvalue weighted by Crippen LogP contribution is -2.14. The van der Waals surface area contributed by atoms with Crippen LogP contribution in [0, 0.1) is 0 Å². The minimum absolute atomic E-state index is 0.299. The second kappa shape index (κ2) is 5.41. The maximum atomic E-state index is 6.07. The van der Waals surface area contributed by atoms with Gasteiger partial charge < -0.3 is 10.5 Å². The summed E-state index contributed by atoms with van der Waals surface area (Å²) in [5.41, 5.74) is 7.05.